The van der Waals surface area contributed by atoms with Crippen molar-refractivity contribution in [3.05, 3.63) is 84.2 Å². The zero-order valence-corrected chi connectivity index (χ0v) is 17.5. The number of aromatic nitrogens is 1. The van der Waals surface area contributed by atoms with Gasteiger partial charge in [0.2, 0.25) is 0 Å². The van der Waals surface area contributed by atoms with Crippen molar-refractivity contribution in [3.8, 4) is 5.75 Å². The smallest absolute Gasteiger partial charge is 0.271 e. The second-order valence-corrected chi connectivity index (χ2v) is 8.17. The molecule has 0 radical (unpaired) electrons. The lowest BCUT2D eigenvalue weighted by Gasteiger charge is -2.21. The van der Waals surface area contributed by atoms with Crippen LogP contribution < -0.4 is 9.64 Å². The average Bonchev–Trinajstić information content (AvgIpc) is 3.17. The number of para-hydroxylation sites is 2. The number of hydrogen-bond donors (Lipinski definition) is 0. The van der Waals surface area contributed by atoms with Crippen molar-refractivity contribution in [2.45, 2.75) is 19.8 Å². The largest absolute Gasteiger partial charge is 0.481 e. The summed E-state index contributed by atoms with van der Waals surface area (Å²) in [5.41, 5.74) is 2.70. The van der Waals surface area contributed by atoms with Crippen LogP contribution in [0.5, 0.6) is 5.75 Å². The molecular weight excluding hydrogens is 399 g/mol. The molecule has 0 atom stereocenters. The fraction of sp³-hybridized carbons (Fsp3) is 0.167. The number of carbonyl (C=O) groups is 1. The Hall–Kier alpha value is -3.25. The molecule has 1 aromatic heterocycles. The van der Waals surface area contributed by atoms with Gasteiger partial charge in [-0.1, -0.05) is 61.6 Å². The first kappa shape index (κ1) is 20.0. The molecule has 0 aliphatic carbocycles. The van der Waals surface area contributed by atoms with Crippen LogP contribution in [0.3, 0.4) is 0 Å². The fourth-order valence-corrected chi connectivity index (χ4v) is 4.09. The molecule has 30 heavy (non-hydrogen) atoms. The molecular formula is C24H21FN2O2S. The van der Waals surface area contributed by atoms with E-state index in [4.69, 9.17) is 4.74 Å². The molecule has 0 bridgehead atoms. The number of anilines is 2. The van der Waals surface area contributed by atoms with Crippen LogP contribution in [0.15, 0.2) is 72.8 Å². The number of fused-ring (bicyclic) bond motifs is 1. The van der Waals surface area contributed by atoms with Crippen molar-refractivity contribution >= 4 is 38.3 Å². The summed E-state index contributed by atoms with van der Waals surface area (Å²) in [6.45, 7) is 3.93. The third kappa shape index (κ3) is 4.19. The molecule has 1 amide bonds. The standard InChI is InChI=1S/C24H21FN2O2S/c1-16(2)17-11-13-18(14-12-17)27(24-26-20-8-4-6-10-22(20)30-24)23(28)15-29-21-9-5-3-7-19(21)25/h3-14,16H,15H2,1-2H3. The van der Waals surface area contributed by atoms with Crippen LogP contribution in [0.1, 0.15) is 25.3 Å². The predicted molar refractivity (Wildman–Crippen MR) is 119 cm³/mol. The zero-order valence-electron chi connectivity index (χ0n) is 16.7. The van der Waals surface area contributed by atoms with E-state index in [9.17, 15) is 9.18 Å². The second-order valence-electron chi connectivity index (χ2n) is 7.16. The molecule has 0 aliphatic heterocycles. The van der Waals surface area contributed by atoms with Gasteiger partial charge < -0.3 is 4.74 Å². The fourth-order valence-electron chi connectivity index (χ4n) is 3.09. The number of amides is 1. The number of benzene rings is 3. The summed E-state index contributed by atoms with van der Waals surface area (Å²) in [6.07, 6.45) is 0. The molecule has 0 spiro atoms. The Bertz CT molecular complexity index is 1140. The number of halogens is 1. The third-order valence-electron chi connectivity index (χ3n) is 4.73. The van der Waals surface area contributed by atoms with Crippen LogP contribution in [0.2, 0.25) is 0 Å². The molecule has 0 saturated carbocycles. The number of rotatable bonds is 6. The lowest BCUT2D eigenvalue weighted by molar-refractivity contribution is -0.119. The first-order chi connectivity index (χ1) is 14.5. The Balaban J connectivity index is 1.67. The molecule has 3 aromatic carbocycles. The van der Waals surface area contributed by atoms with E-state index in [1.165, 1.54) is 33.9 Å². The zero-order chi connectivity index (χ0) is 21.1. The number of carbonyl (C=O) groups excluding carboxylic acids is 1. The van der Waals surface area contributed by atoms with Crippen LogP contribution in [0, 0.1) is 5.82 Å². The molecule has 0 saturated heterocycles. The van der Waals surface area contributed by atoms with Gasteiger partial charge in [0.25, 0.3) is 5.91 Å². The summed E-state index contributed by atoms with van der Waals surface area (Å²) in [5, 5.41) is 0.552. The van der Waals surface area contributed by atoms with Gasteiger partial charge >= 0.3 is 0 Å². The van der Waals surface area contributed by atoms with Crippen LogP contribution in [0.25, 0.3) is 10.2 Å². The van der Waals surface area contributed by atoms with Gasteiger partial charge in [-0.3, -0.25) is 9.69 Å². The van der Waals surface area contributed by atoms with E-state index in [-0.39, 0.29) is 18.3 Å². The molecule has 0 fully saturated rings. The molecule has 4 aromatic rings. The SMILES string of the molecule is CC(C)c1ccc(N(C(=O)COc2ccccc2F)c2nc3ccccc3s2)cc1. The van der Waals surface area contributed by atoms with Crippen LogP contribution in [-0.2, 0) is 4.79 Å². The molecule has 1 heterocycles. The highest BCUT2D eigenvalue weighted by Crippen LogP contribution is 2.34. The van der Waals surface area contributed by atoms with Gasteiger partial charge in [-0.25, -0.2) is 9.37 Å². The summed E-state index contributed by atoms with van der Waals surface area (Å²) >= 11 is 1.43. The minimum Gasteiger partial charge on any atom is -0.481 e. The Morgan fingerprint density at radius 2 is 1.73 bits per heavy atom. The van der Waals surface area contributed by atoms with E-state index in [0.717, 1.165) is 10.2 Å². The van der Waals surface area contributed by atoms with E-state index in [1.54, 1.807) is 12.1 Å². The minimum absolute atomic E-state index is 0.0465. The van der Waals surface area contributed by atoms with Crippen molar-refractivity contribution in [2.24, 2.45) is 0 Å². The quantitative estimate of drug-likeness (QED) is 0.367. The number of hydrogen-bond acceptors (Lipinski definition) is 4. The highest BCUT2D eigenvalue weighted by atomic mass is 32.1. The predicted octanol–water partition coefficient (Wildman–Crippen LogP) is 6.30. The third-order valence-corrected chi connectivity index (χ3v) is 5.75. The molecule has 0 N–H and O–H groups in total. The van der Waals surface area contributed by atoms with Gasteiger partial charge in [0, 0.05) is 0 Å². The maximum Gasteiger partial charge on any atom is 0.271 e. The van der Waals surface area contributed by atoms with E-state index in [1.807, 2.05) is 48.5 Å². The van der Waals surface area contributed by atoms with Crippen molar-refractivity contribution in [2.75, 3.05) is 11.5 Å². The van der Waals surface area contributed by atoms with Crippen molar-refractivity contribution in [1.29, 1.82) is 0 Å². The van der Waals surface area contributed by atoms with Gasteiger partial charge in [0.1, 0.15) is 0 Å². The van der Waals surface area contributed by atoms with E-state index >= 15 is 0 Å². The average molecular weight is 421 g/mol. The van der Waals surface area contributed by atoms with E-state index < -0.39 is 5.82 Å². The van der Waals surface area contributed by atoms with Gasteiger partial charge in [-0.15, -0.1) is 0 Å². The molecule has 6 heteroatoms. The van der Waals surface area contributed by atoms with Gasteiger partial charge in [-0.05, 0) is 47.9 Å². The lowest BCUT2D eigenvalue weighted by Crippen LogP contribution is -2.31. The summed E-state index contributed by atoms with van der Waals surface area (Å²) in [4.78, 5) is 19.3. The Morgan fingerprint density at radius 1 is 1.03 bits per heavy atom. The first-order valence-electron chi connectivity index (χ1n) is 9.69. The minimum atomic E-state index is -0.502. The van der Waals surface area contributed by atoms with Crippen molar-refractivity contribution in [3.63, 3.8) is 0 Å². The summed E-state index contributed by atoms with van der Waals surface area (Å²) in [5.74, 6) is -0.395. The Labute approximate surface area is 178 Å². The van der Waals surface area contributed by atoms with E-state index in [0.29, 0.717) is 16.7 Å². The number of nitrogens with zero attached hydrogens (tertiary/aromatic N) is 2. The molecule has 0 unspecified atom stereocenters. The summed E-state index contributed by atoms with van der Waals surface area (Å²) in [6, 6.07) is 21.6. The molecule has 0 aliphatic rings. The van der Waals surface area contributed by atoms with E-state index in [2.05, 4.69) is 18.8 Å². The highest BCUT2D eigenvalue weighted by Gasteiger charge is 2.23. The topological polar surface area (TPSA) is 42.4 Å². The second kappa shape index (κ2) is 8.63. The monoisotopic (exact) mass is 420 g/mol. The Morgan fingerprint density at radius 3 is 2.43 bits per heavy atom. The van der Waals surface area contributed by atoms with Gasteiger partial charge in [-0.2, -0.15) is 0 Å². The van der Waals surface area contributed by atoms with Gasteiger partial charge in [0.05, 0.1) is 15.9 Å². The van der Waals surface area contributed by atoms with Crippen molar-refractivity contribution in [1.82, 2.24) is 4.98 Å². The normalized spacial score (nSPS) is 11.1. The van der Waals surface area contributed by atoms with Crippen LogP contribution >= 0.6 is 11.3 Å². The maximum atomic E-state index is 13.9. The molecule has 4 nitrogen and oxygen atoms in total. The molecule has 4 rings (SSSR count). The van der Waals surface area contributed by atoms with Crippen LogP contribution in [-0.4, -0.2) is 17.5 Å². The van der Waals surface area contributed by atoms with Crippen molar-refractivity contribution < 1.29 is 13.9 Å². The van der Waals surface area contributed by atoms with Crippen LogP contribution in [0.4, 0.5) is 15.2 Å². The Kier molecular flexibility index (Phi) is 5.77. The number of thiazole rings is 1. The number of ether oxygens (including phenoxy) is 1. The van der Waals surface area contributed by atoms with Gasteiger partial charge in [0.15, 0.2) is 23.3 Å². The maximum absolute atomic E-state index is 13.9. The lowest BCUT2D eigenvalue weighted by atomic mass is 10.0. The first-order valence-corrected chi connectivity index (χ1v) is 10.5. The highest BCUT2D eigenvalue weighted by molar-refractivity contribution is 7.22. The summed E-state index contributed by atoms with van der Waals surface area (Å²) < 4.78 is 20.3. The molecule has 152 valence electrons. The summed E-state index contributed by atoms with van der Waals surface area (Å²) in [7, 11) is 0.